The van der Waals surface area contributed by atoms with Gasteiger partial charge in [0.2, 0.25) is 0 Å². The molecule has 0 radical (unpaired) electrons. The Hall–Kier alpha value is -0.900. The van der Waals surface area contributed by atoms with Crippen LogP contribution in [0.15, 0.2) is 0 Å². The second kappa shape index (κ2) is 4.95. The van der Waals surface area contributed by atoms with Crippen molar-refractivity contribution < 1.29 is 0 Å². The Labute approximate surface area is 98.5 Å². The Bertz CT molecular complexity index is 333. The first-order chi connectivity index (χ1) is 7.30. The summed E-state index contributed by atoms with van der Waals surface area (Å²) < 4.78 is 1.89. The van der Waals surface area contributed by atoms with E-state index in [1.807, 2.05) is 11.7 Å². The van der Waals surface area contributed by atoms with Gasteiger partial charge in [-0.15, -0.1) is 0 Å². The SMILES string of the molecule is CC(C)NCCc1nc(C(C)(C)C)nn1C. The molecule has 1 heterocycles. The van der Waals surface area contributed by atoms with E-state index in [2.05, 4.69) is 50.0 Å². The van der Waals surface area contributed by atoms with Crippen LogP contribution in [0.4, 0.5) is 0 Å². The fraction of sp³-hybridized carbons (Fsp3) is 0.833. The van der Waals surface area contributed by atoms with Crippen LogP contribution in [0.1, 0.15) is 46.3 Å². The molecule has 0 aliphatic carbocycles. The van der Waals surface area contributed by atoms with E-state index in [-0.39, 0.29) is 5.41 Å². The standard InChI is InChI=1S/C12H24N4/c1-9(2)13-8-7-10-14-11(12(3,4)5)15-16(10)6/h9,13H,7-8H2,1-6H3. The number of aromatic nitrogens is 3. The fourth-order valence-corrected chi connectivity index (χ4v) is 1.42. The van der Waals surface area contributed by atoms with E-state index in [4.69, 9.17) is 0 Å². The van der Waals surface area contributed by atoms with Crippen LogP contribution in [0, 0.1) is 0 Å². The van der Waals surface area contributed by atoms with Gasteiger partial charge in [-0.1, -0.05) is 34.6 Å². The summed E-state index contributed by atoms with van der Waals surface area (Å²) in [6.45, 7) is 11.7. The highest BCUT2D eigenvalue weighted by Crippen LogP contribution is 2.18. The van der Waals surface area contributed by atoms with Crippen molar-refractivity contribution in [3.8, 4) is 0 Å². The normalized spacial score (nSPS) is 12.4. The number of hydrogen-bond acceptors (Lipinski definition) is 3. The number of nitrogens with zero attached hydrogens (tertiary/aromatic N) is 3. The summed E-state index contributed by atoms with van der Waals surface area (Å²) in [6.07, 6.45) is 0.928. The lowest BCUT2D eigenvalue weighted by Crippen LogP contribution is -2.25. The van der Waals surface area contributed by atoms with Gasteiger partial charge in [0, 0.05) is 31.5 Å². The van der Waals surface area contributed by atoms with Gasteiger partial charge >= 0.3 is 0 Å². The van der Waals surface area contributed by atoms with E-state index in [1.165, 1.54) is 0 Å². The Morgan fingerprint density at radius 3 is 2.38 bits per heavy atom. The third-order valence-electron chi connectivity index (χ3n) is 2.43. The van der Waals surface area contributed by atoms with Gasteiger partial charge in [0.25, 0.3) is 0 Å². The average Bonchev–Trinajstić information content (AvgIpc) is 2.46. The van der Waals surface area contributed by atoms with Crippen molar-refractivity contribution in [3.63, 3.8) is 0 Å². The van der Waals surface area contributed by atoms with Gasteiger partial charge < -0.3 is 5.32 Å². The summed E-state index contributed by atoms with van der Waals surface area (Å²) in [4.78, 5) is 4.59. The molecule has 0 amide bonds. The van der Waals surface area contributed by atoms with E-state index in [0.29, 0.717) is 6.04 Å². The lowest BCUT2D eigenvalue weighted by atomic mass is 9.96. The number of nitrogens with one attached hydrogen (secondary N) is 1. The molecule has 92 valence electrons. The molecule has 0 saturated carbocycles. The average molecular weight is 224 g/mol. The molecular weight excluding hydrogens is 200 g/mol. The quantitative estimate of drug-likeness (QED) is 0.845. The Kier molecular flexibility index (Phi) is 4.08. The van der Waals surface area contributed by atoms with Gasteiger partial charge in [-0.3, -0.25) is 4.68 Å². The molecule has 0 aliphatic heterocycles. The number of rotatable bonds is 4. The lowest BCUT2D eigenvalue weighted by molar-refractivity contribution is 0.538. The summed E-state index contributed by atoms with van der Waals surface area (Å²) in [5.41, 5.74) is 0.0293. The number of hydrogen-bond donors (Lipinski definition) is 1. The second-order valence-electron chi connectivity index (χ2n) is 5.58. The molecule has 1 aromatic heterocycles. The van der Waals surface area contributed by atoms with Gasteiger partial charge in [0.1, 0.15) is 5.82 Å². The molecule has 0 spiro atoms. The molecule has 4 heteroatoms. The van der Waals surface area contributed by atoms with Gasteiger partial charge in [-0.2, -0.15) is 5.10 Å². The molecule has 0 aromatic carbocycles. The van der Waals surface area contributed by atoms with E-state index in [0.717, 1.165) is 24.6 Å². The van der Waals surface area contributed by atoms with Crippen molar-refractivity contribution in [1.82, 2.24) is 20.1 Å². The molecule has 16 heavy (non-hydrogen) atoms. The van der Waals surface area contributed by atoms with E-state index in [9.17, 15) is 0 Å². The zero-order valence-electron chi connectivity index (χ0n) is 11.3. The van der Waals surface area contributed by atoms with Crippen molar-refractivity contribution in [2.45, 2.75) is 52.5 Å². The van der Waals surface area contributed by atoms with Crippen LogP contribution in [0.5, 0.6) is 0 Å². The molecule has 1 rings (SSSR count). The summed E-state index contributed by atoms with van der Waals surface area (Å²) in [7, 11) is 1.97. The van der Waals surface area contributed by atoms with Crippen molar-refractivity contribution in [3.05, 3.63) is 11.6 Å². The van der Waals surface area contributed by atoms with Crippen molar-refractivity contribution in [2.75, 3.05) is 6.54 Å². The summed E-state index contributed by atoms with van der Waals surface area (Å²) in [5, 5.41) is 7.85. The minimum atomic E-state index is 0.0293. The predicted octanol–water partition coefficient (Wildman–Crippen LogP) is 1.65. The number of aryl methyl sites for hydroxylation is 1. The van der Waals surface area contributed by atoms with Crippen LogP contribution in [0.2, 0.25) is 0 Å². The molecule has 0 fully saturated rings. The van der Waals surface area contributed by atoms with E-state index in [1.54, 1.807) is 0 Å². The Morgan fingerprint density at radius 1 is 1.31 bits per heavy atom. The smallest absolute Gasteiger partial charge is 0.156 e. The first-order valence-electron chi connectivity index (χ1n) is 5.94. The highest BCUT2D eigenvalue weighted by molar-refractivity contribution is 5.03. The topological polar surface area (TPSA) is 42.7 Å². The maximum Gasteiger partial charge on any atom is 0.156 e. The largest absolute Gasteiger partial charge is 0.314 e. The van der Waals surface area contributed by atoms with Gasteiger partial charge in [0.15, 0.2) is 5.82 Å². The van der Waals surface area contributed by atoms with Gasteiger partial charge in [0.05, 0.1) is 0 Å². The van der Waals surface area contributed by atoms with Crippen LogP contribution in [0.25, 0.3) is 0 Å². The fourth-order valence-electron chi connectivity index (χ4n) is 1.42. The molecule has 0 atom stereocenters. The first-order valence-corrected chi connectivity index (χ1v) is 5.94. The molecule has 1 aromatic rings. The lowest BCUT2D eigenvalue weighted by Gasteiger charge is -2.12. The monoisotopic (exact) mass is 224 g/mol. The van der Waals surface area contributed by atoms with Crippen LogP contribution in [0.3, 0.4) is 0 Å². The van der Waals surface area contributed by atoms with Gasteiger partial charge in [-0.05, 0) is 0 Å². The second-order valence-corrected chi connectivity index (χ2v) is 5.58. The van der Waals surface area contributed by atoms with E-state index >= 15 is 0 Å². The molecule has 0 unspecified atom stereocenters. The summed E-state index contributed by atoms with van der Waals surface area (Å²) in [5.74, 6) is 1.98. The third-order valence-corrected chi connectivity index (χ3v) is 2.43. The maximum atomic E-state index is 4.59. The van der Waals surface area contributed by atoms with Crippen LogP contribution >= 0.6 is 0 Å². The summed E-state index contributed by atoms with van der Waals surface area (Å²) in [6, 6.07) is 0.523. The van der Waals surface area contributed by atoms with Crippen molar-refractivity contribution >= 4 is 0 Å². The zero-order valence-corrected chi connectivity index (χ0v) is 11.3. The highest BCUT2D eigenvalue weighted by atomic mass is 15.3. The van der Waals surface area contributed by atoms with Crippen LogP contribution in [-0.4, -0.2) is 27.4 Å². The molecular formula is C12H24N4. The molecule has 0 saturated heterocycles. The zero-order chi connectivity index (χ0) is 12.3. The molecule has 4 nitrogen and oxygen atoms in total. The van der Waals surface area contributed by atoms with Crippen LogP contribution < -0.4 is 5.32 Å². The molecule has 0 aliphatic rings. The van der Waals surface area contributed by atoms with Gasteiger partial charge in [-0.25, -0.2) is 4.98 Å². The minimum absolute atomic E-state index is 0.0293. The third kappa shape index (κ3) is 3.59. The van der Waals surface area contributed by atoms with Crippen molar-refractivity contribution in [2.24, 2.45) is 7.05 Å². The highest BCUT2D eigenvalue weighted by Gasteiger charge is 2.20. The predicted molar refractivity (Wildman–Crippen MR) is 66.5 cm³/mol. The summed E-state index contributed by atoms with van der Waals surface area (Å²) >= 11 is 0. The van der Waals surface area contributed by atoms with Crippen LogP contribution in [-0.2, 0) is 18.9 Å². The van der Waals surface area contributed by atoms with E-state index < -0.39 is 0 Å². The van der Waals surface area contributed by atoms with Crippen molar-refractivity contribution in [1.29, 1.82) is 0 Å². The maximum absolute atomic E-state index is 4.59. The Morgan fingerprint density at radius 2 is 1.94 bits per heavy atom. The minimum Gasteiger partial charge on any atom is -0.314 e. The Balaban J connectivity index is 2.64. The molecule has 0 bridgehead atoms. The molecule has 1 N–H and O–H groups in total. The first kappa shape index (κ1) is 13.2.